The minimum Gasteiger partial charge on any atom is -0.453 e. The number of halogens is 1. The van der Waals surface area contributed by atoms with Crippen LogP contribution in [0.3, 0.4) is 0 Å². The lowest BCUT2D eigenvalue weighted by molar-refractivity contribution is -0.136. The Kier molecular flexibility index (Phi) is 11.6. The van der Waals surface area contributed by atoms with Gasteiger partial charge in [-0.1, -0.05) is 13.0 Å². The van der Waals surface area contributed by atoms with Gasteiger partial charge in [-0.15, -0.1) is 0 Å². The van der Waals surface area contributed by atoms with E-state index in [1.165, 1.54) is 34.7 Å². The van der Waals surface area contributed by atoms with Gasteiger partial charge in [0, 0.05) is 63.2 Å². The Labute approximate surface area is 368 Å². The summed E-state index contributed by atoms with van der Waals surface area (Å²) < 4.78 is 29.5. The van der Waals surface area contributed by atoms with E-state index in [1.807, 2.05) is 36.3 Å². The van der Waals surface area contributed by atoms with Gasteiger partial charge >= 0.3 is 6.03 Å². The van der Waals surface area contributed by atoms with Crippen LogP contribution in [0.1, 0.15) is 75.0 Å². The number of imide groups is 1. The van der Waals surface area contributed by atoms with Gasteiger partial charge in [-0.05, 0) is 118 Å². The van der Waals surface area contributed by atoms with Crippen LogP contribution in [0.25, 0.3) is 21.8 Å². The highest BCUT2D eigenvalue weighted by atomic mass is 32.2. The first-order valence-corrected chi connectivity index (χ1v) is 22.3. The Morgan fingerprint density at radius 2 is 1.83 bits per heavy atom. The largest absolute Gasteiger partial charge is 0.453 e. The molecule has 328 valence electrons. The summed E-state index contributed by atoms with van der Waals surface area (Å²) >= 11 is 1.28. The highest BCUT2D eigenvalue weighted by molar-refractivity contribution is 7.98. The second kappa shape index (κ2) is 17.3. The van der Waals surface area contributed by atoms with E-state index in [-0.39, 0.29) is 52.3 Å². The number of amides is 4. The van der Waals surface area contributed by atoms with Crippen molar-refractivity contribution < 1.29 is 23.5 Å². The van der Waals surface area contributed by atoms with E-state index >= 15 is 4.39 Å². The molecule has 63 heavy (non-hydrogen) atoms. The first-order valence-electron chi connectivity index (χ1n) is 21.6. The Morgan fingerprint density at radius 1 is 1.05 bits per heavy atom. The molecule has 16 nitrogen and oxygen atoms in total. The van der Waals surface area contributed by atoms with Crippen molar-refractivity contribution in [2.75, 3.05) is 62.5 Å². The van der Waals surface area contributed by atoms with Crippen molar-refractivity contribution in [1.82, 2.24) is 38.8 Å². The molecule has 2 aromatic heterocycles. The van der Waals surface area contributed by atoms with Crippen LogP contribution in [0.15, 0.2) is 59.7 Å². The summed E-state index contributed by atoms with van der Waals surface area (Å²) in [6, 6.07) is 15.4. The third-order valence-corrected chi connectivity index (χ3v) is 14.3. The predicted octanol–water partition coefficient (Wildman–Crippen LogP) is 6.28. The number of aryl methyl sites for hydroxylation is 1. The highest BCUT2D eigenvalue weighted by Crippen LogP contribution is 2.54. The van der Waals surface area contributed by atoms with Crippen LogP contribution < -0.4 is 25.2 Å². The molecule has 0 radical (unpaired) electrons. The number of piperidine rings is 2. The molecule has 1 aliphatic carbocycles. The fraction of sp³-hybridized carbons (Fsp3) is 0.444. The summed E-state index contributed by atoms with van der Waals surface area (Å²) in [5.41, 5.74) is 2.95. The Bertz CT molecular complexity index is 2710. The highest BCUT2D eigenvalue weighted by Gasteiger charge is 2.47. The van der Waals surface area contributed by atoms with E-state index in [1.54, 1.807) is 33.8 Å². The van der Waals surface area contributed by atoms with Crippen LogP contribution in [-0.4, -0.2) is 104 Å². The second-order valence-electron chi connectivity index (χ2n) is 17.3. The van der Waals surface area contributed by atoms with E-state index in [0.717, 1.165) is 69.1 Å². The summed E-state index contributed by atoms with van der Waals surface area (Å²) in [6.45, 7) is 6.49. The molecule has 1 saturated carbocycles. The summed E-state index contributed by atoms with van der Waals surface area (Å²) in [4.78, 5) is 62.0. The number of ether oxygens (including phenoxy) is 1. The molecule has 18 heteroatoms. The number of likely N-dealkylation sites (tertiary alicyclic amines) is 2. The molecule has 9 rings (SSSR count). The Morgan fingerprint density at radius 3 is 2.56 bits per heavy atom. The lowest BCUT2D eigenvalue weighted by atomic mass is 9.60. The van der Waals surface area contributed by atoms with Gasteiger partial charge in [-0.25, -0.2) is 18.5 Å². The van der Waals surface area contributed by atoms with Gasteiger partial charge in [0.05, 0.1) is 35.0 Å². The summed E-state index contributed by atoms with van der Waals surface area (Å²) in [5, 5.41) is 18.2. The monoisotopic (exact) mass is 875 g/mol. The van der Waals surface area contributed by atoms with Gasteiger partial charge in [0.25, 0.3) is 5.56 Å². The third kappa shape index (κ3) is 8.32. The van der Waals surface area contributed by atoms with Gasteiger partial charge < -0.3 is 14.4 Å². The maximum atomic E-state index is 15.1. The molecular weight excluding hydrogens is 826 g/mol. The van der Waals surface area contributed by atoms with Gasteiger partial charge in [0.15, 0.2) is 17.4 Å². The number of nitriles is 1. The molecule has 5 aromatic rings. The van der Waals surface area contributed by atoms with Crippen LogP contribution in [-0.2, 0) is 16.6 Å². The van der Waals surface area contributed by atoms with Crippen LogP contribution in [0.5, 0.6) is 11.5 Å². The summed E-state index contributed by atoms with van der Waals surface area (Å²) in [6.07, 6.45) is 7.14. The van der Waals surface area contributed by atoms with Crippen molar-refractivity contribution >= 4 is 63.3 Å². The molecule has 3 saturated heterocycles. The molecule has 3 aliphatic heterocycles. The van der Waals surface area contributed by atoms with Crippen LogP contribution in [0.4, 0.5) is 20.7 Å². The Balaban J connectivity index is 0.773. The number of anilines is 2. The molecule has 2 N–H and O–H groups in total. The van der Waals surface area contributed by atoms with Crippen molar-refractivity contribution in [2.24, 2.45) is 12.5 Å². The number of nitrogens with one attached hydrogen (secondary N) is 2. The minimum absolute atomic E-state index is 0.0181. The zero-order valence-electron chi connectivity index (χ0n) is 35.6. The van der Waals surface area contributed by atoms with Crippen molar-refractivity contribution in [3.8, 4) is 17.6 Å². The fourth-order valence-corrected chi connectivity index (χ4v) is 10.1. The molecule has 0 bridgehead atoms. The second-order valence-corrected chi connectivity index (χ2v) is 18.3. The van der Waals surface area contributed by atoms with Gasteiger partial charge in [-0.2, -0.15) is 10.4 Å². The lowest BCUT2D eigenvalue weighted by Crippen LogP contribution is -2.52. The number of urea groups is 1. The number of fused-ring (bicyclic) bond motifs is 2. The maximum Gasteiger partial charge on any atom is 0.329 e. The van der Waals surface area contributed by atoms with Crippen molar-refractivity contribution in [1.29, 1.82) is 5.26 Å². The zero-order valence-corrected chi connectivity index (χ0v) is 36.4. The van der Waals surface area contributed by atoms with E-state index in [0.29, 0.717) is 54.5 Å². The zero-order chi connectivity index (χ0) is 44.0. The molecule has 0 unspecified atom stereocenters. The molecular formula is C45H50FN11O5S. The molecule has 0 atom stereocenters. The standard InChI is InChI=1S/C45H50FN11O5S/c1-4-52(2)63-51-37-10-8-35(46)41(34(37)25-47)62-31-6-9-36-33(22-31)43(60)57(27-48-36)30-23-45(24-30)14-19-55(20-15-45)40(59)26-54-16-11-28(12-17-54)29-5-7-32-38(21-29)53(3)50-42(32)56-18-13-39(58)49-44(56)61/h5-10,21-22,27-28,30,51H,4,11-20,23-24,26H2,1-3H3,(H,49,58,61). The minimum atomic E-state index is -0.691. The number of hydrogen-bond acceptors (Lipinski definition) is 12. The average molecular weight is 876 g/mol. The number of aromatic nitrogens is 4. The topological polar surface area (TPSA) is 174 Å². The average Bonchev–Trinajstić information content (AvgIpc) is 3.60. The number of hydrogen-bond donors (Lipinski definition) is 2. The number of rotatable bonds is 11. The SMILES string of the molecule is CCN(C)SNc1ccc(F)c(Oc2ccc3ncn(C4CC5(CCN(C(=O)CN6CCC(c7ccc8c(N9CCC(=O)NC9=O)nn(C)c8c7)CC6)CC5)C4)c(=O)c3c2)c1C#N. The van der Waals surface area contributed by atoms with Gasteiger partial charge in [-0.3, -0.25) is 38.7 Å². The molecule has 5 heterocycles. The summed E-state index contributed by atoms with van der Waals surface area (Å²) in [7, 11) is 3.76. The van der Waals surface area contributed by atoms with Crippen LogP contribution >= 0.6 is 12.1 Å². The number of carbonyl (C=O) groups excluding carboxylic acids is 3. The summed E-state index contributed by atoms with van der Waals surface area (Å²) in [5.74, 6) is 0.0945. The normalized spacial score (nSPS) is 18.5. The number of carbonyl (C=O) groups is 3. The van der Waals surface area contributed by atoms with E-state index in [2.05, 4.69) is 43.2 Å². The first-order chi connectivity index (χ1) is 30.4. The predicted molar refractivity (Wildman–Crippen MR) is 238 cm³/mol. The molecule has 4 fully saturated rings. The van der Waals surface area contributed by atoms with Gasteiger partial charge in [0.1, 0.15) is 17.4 Å². The lowest BCUT2D eigenvalue weighted by Gasteiger charge is -2.52. The van der Waals surface area contributed by atoms with Crippen molar-refractivity contribution in [2.45, 2.75) is 63.8 Å². The number of nitrogens with zero attached hydrogens (tertiary/aromatic N) is 9. The number of benzene rings is 3. The third-order valence-electron chi connectivity index (χ3n) is 13.4. The smallest absolute Gasteiger partial charge is 0.329 e. The van der Waals surface area contributed by atoms with Crippen molar-refractivity contribution in [3.63, 3.8) is 0 Å². The molecule has 4 aliphatic rings. The Hall–Kier alpha value is -6.03. The quantitative estimate of drug-likeness (QED) is 0.142. The van der Waals surface area contributed by atoms with E-state index < -0.39 is 11.8 Å². The van der Waals surface area contributed by atoms with E-state index in [9.17, 15) is 24.4 Å². The van der Waals surface area contributed by atoms with E-state index in [4.69, 9.17) is 4.74 Å². The van der Waals surface area contributed by atoms with Crippen LogP contribution in [0, 0.1) is 22.6 Å². The van der Waals surface area contributed by atoms with Gasteiger partial charge in [0.2, 0.25) is 11.8 Å². The van der Waals surface area contributed by atoms with Crippen molar-refractivity contribution in [3.05, 3.63) is 82.2 Å². The molecule has 1 spiro atoms. The first kappa shape index (κ1) is 42.3. The molecule has 3 aromatic carbocycles. The fourth-order valence-electron chi connectivity index (χ4n) is 9.57. The maximum absolute atomic E-state index is 15.1. The van der Waals surface area contributed by atoms with Crippen LogP contribution in [0.2, 0.25) is 0 Å². The molecule has 4 amide bonds.